The molecule has 11 aromatic carbocycles. The van der Waals surface area contributed by atoms with Gasteiger partial charge in [-0.2, -0.15) is 0 Å². The van der Waals surface area contributed by atoms with Gasteiger partial charge in [-0.15, -0.1) is 0 Å². The summed E-state index contributed by atoms with van der Waals surface area (Å²) in [5, 5.41) is 2.49. The minimum atomic E-state index is -0.544. The molecule has 0 saturated heterocycles. The highest BCUT2D eigenvalue weighted by atomic mass is 15.2. The summed E-state index contributed by atoms with van der Waals surface area (Å²) in [6.07, 6.45) is 0. The molecule has 12 rings (SSSR count). The first-order chi connectivity index (χ1) is 32.8. The van der Waals surface area contributed by atoms with Gasteiger partial charge in [-0.1, -0.05) is 243 Å². The normalized spacial score (nSPS) is 12.4. The molecule has 0 aromatic heterocycles. The minimum Gasteiger partial charge on any atom is -0.309 e. The highest BCUT2D eigenvalue weighted by Gasteiger charge is 2.47. The first-order valence-electron chi connectivity index (χ1n) is 22.8. The lowest BCUT2D eigenvalue weighted by Crippen LogP contribution is -2.28. The van der Waals surface area contributed by atoms with Gasteiger partial charge >= 0.3 is 0 Å². The molecule has 1 aliphatic rings. The zero-order valence-electron chi connectivity index (χ0n) is 36.4. The monoisotopic (exact) mass is 839 g/mol. The van der Waals surface area contributed by atoms with Crippen LogP contribution in [0.4, 0.5) is 17.1 Å². The van der Waals surface area contributed by atoms with Gasteiger partial charge < -0.3 is 4.90 Å². The molecule has 0 fully saturated rings. The molecule has 1 heteroatoms. The van der Waals surface area contributed by atoms with Crippen LogP contribution in [-0.2, 0) is 5.41 Å². The van der Waals surface area contributed by atoms with Gasteiger partial charge in [0.25, 0.3) is 0 Å². The summed E-state index contributed by atoms with van der Waals surface area (Å²) in [5.74, 6) is 0. The van der Waals surface area contributed by atoms with Crippen molar-refractivity contribution in [1.82, 2.24) is 0 Å². The zero-order chi connectivity index (χ0) is 43.9. The van der Waals surface area contributed by atoms with Crippen LogP contribution >= 0.6 is 0 Å². The van der Waals surface area contributed by atoms with Crippen molar-refractivity contribution in [3.05, 3.63) is 295 Å². The van der Waals surface area contributed by atoms with E-state index in [9.17, 15) is 0 Å². The van der Waals surface area contributed by atoms with Gasteiger partial charge in [0.1, 0.15) is 0 Å². The van der Waals surface area contributed by atoms with Crippen molar-refractivity contribution < 1.29 is 0 Å². The molecule has 0 amide bonds. The Hall–Kier alpha value is -8.52. The van der Waals surface area contributed by atoms with E-state index in [4.69, 9.17) is 0 Å². The van der Waals surface area contributed by atoms with E-state index >= 15 is 0 Å². The molecule has 310 valence electrons. The molecular weight excluding hydrogens is 795 g/mol. The van der Waals surface area contributed by atoms with Crippen molar-refractivity contribution in [1.29, 1.82) is 0 Å². The lowest BCUT2D eigenvalue weighted by molar-refractivity contribution is 0.768. The summed E-state index contributed by atoms with van der Waals surface area (Å²) in [5.41, 5.74) is 19.7. The fourth-order valence-corrected chi connectivity index (χ4v) is 10.6. The predicted molar refractivity (Wildman–Crippen MR) is 278 cm³/mol. The van der Waals surface area contributed by atoms with Gasteiger partial charge in [-0.3, -0.25) is 0 Å². The molecule has 0 radical (unpaired) electrons. The predicted octanol–water partition coefficient (Wildman–Crippen LogP) is 17.3. The van der Waals surface area contributed by atoms with Gasteiger partial charge in [0.05, 0.1) is 22.5 Å². The van der Waals surface area contributed by atoms with Crippen LogP contribution in [0.3, 0.4) is 0 Å². The van der Waals surface area contributed by atoms with E-state index in [1.165, 1.54) is 66.4 Å². The zero-order valence-corrected chi connectivity index (χ0v) is 36.4. The second kappa shape index (κ2) is 16.6. The number of nitrogens with zero attached hydrogens (tertiary/aromatic N) is 1. The van der Waals surface area contributed by atoms with Crippen LogP contribution < -0.4 is 4.90 Å². The molecule has 0 saturated carbocycles. The van der Waals surface area contributed by atoms with Crippen LogP contribution in [0.1, 0.15) is 22.3 Å². The maximum Gasteiger partial charge on any atom is 0.0714 e. The quantitative estimate of drug-likeness (QED) is 0.140. The molecule has 0 bridgehead atoms. The Kier molecular flexibility index (Phi) is 9.81. The highest BCUT2D eigenvalue weighted by Crippen LogP contribution is 2.60. The lowest BCUT2D eigenvalue weighted by atomic mass is 9.68. The van der Waals surface area contributed by atoms with Crippen molar-refractivity contribution in [3.63, 3.8) is 0 Å². The van der Waals surface area contributed by atoms with Crippen molar-refractivity contribution in [2.45, 2.75) is 5.41 Å². The largest absolute Gasteiger partial charge is 0.309 e. The van der Waals surface area contributed by atoms with Gasteiger partial charge in [0.2, 0.25) is 0 Å². The fourth-order valence-electron chi connectivity index (χ4n) is 10.6. The summed E-state index contributed by atoms with van der Waals surface area (Å²) < 4.78 is 0. The fraction of sp³-hybridized carbons (Fsp3) is 0.0154. The maximum atomic E-state index is 2.54. The average Bonchev–Trinajstić information content (AvgIpc) is 3.71. The van der Waals surface area contributed by atoms with Crippen molar-refractivity contribution >= 4 is 27.8 Å². The number of fused-ring (bicyclic) bond motifs is 4. The summed E-state index contributed by atoms with van der Waals surface area (Å²) >= 11 is 0. The van der Waals surface area contributed by atoms with Gasteiger partial charge in [0.15, 0.2) is 0 Å². The third-order valence-corrected chi connectivity index (χ3v) is 13.6. The summed E-state index contributed by atoms with van der Waals surface area (Å²) in [4.78, 5) is 2.54. The van der Waals surface area contributed by atoms with Crippen LogP contribution in [0.15, 0.2) is 273 Å². The maximum absolute atomic E-state index is 2.54. The van der Waals surface area contributed by atoms with Crippen molar-refractivity contribution in [2.24, 2.45) is 0 Å². The van der Waals surface area contributed by atoms with Gasteiger partial charge in [0, 0.05) is 16.7 Å². The third-order valence-electron chi connectivity index (χ3n) is 13.6. The molecule has 0 N–H and O–H groups in total. The molecule has 11 aromatic rings. The molecule has 0 atom stereocenters. The topological polar surface area (TPSA) is 3.24 Å². The Morgan fingerprint density at radius 3 is 1.38 bits per heavy atom. The molecule has 0 spiro atoms. The number of para-hydroxylation sites is 2. The van der Waals surface area contributed by atoms with E-state index in [0.717, 1.165) is 39.3 Å². The first kappa shape index (κ1) is 39.1. The standard InChI is InChI=1S/C65H45N/c1-4-20-46(21-5-1)51-24-18-25-53(45-51)57-31-14-17-36-62(57)66(61-35-16-13-30-56(61)49-41-38-48(39-42-49)52-43-40-47-22-10-11-23-50(47)44-52)63-37-19-34-60-64(63)58-32-12-15-33-59(58)65(60,54-26-6-2-7-27-54)55-28-8-3-9-29-55/h1-45H. The van der Waals surface area contributed by atoms with E-state index < -0.39 is 5.41 Å². The van der Waals surface area contributed by atoms with E-state index in [1.54, 1.807) is 0 Å². The Labute approximate surface area is 387 Å². The average molecular weight is 840 g/mol. The molecule has 0 heterocycles. The number of rotatable bonds is 9. The Balaban J connectivity index is 1.11. The molecule has 0 unspecified atom stereocenters. The molecule has 0 aliphatic heterocycles. The SMILES string of the molecule is c1ccc(-c2cccc(-c3ccccc3N(c3ccccc3-c3ccc(-c4ccc5ccccc5c4)cc3)c3cccc4c3-c3ccccc3C4(c3ccccc3)c3ccccc3)c2)cc1. The summed E-state index contributed by atoms with van der Waals surface area (Å²) in [7, 11) is 0. The highest BCUT2D eigenvalue weighted by molar-refractivity contribution is 6.02. The van der Waals surface area contributed by atoms with E-state index in [0.29, 0.717) is 0 Å². The van der Waals surface area contributed by atoms with Crippen LogP contribution in [0, 0.1) is 0 Å². The molecule has 1 nitrogen and oxygen atoms in total. The third kappa shape index (κ3) is 6.56. The van der Waals surface area contributed by atoms with Crippen LogP contribution in [0.5, 0.6) is 0 Å². The van der Waals surface area contributed by atoms with E-state index in [-0.39, 0.29) is 0 Å². The van der Waals surface area contributed by atoms with Crippen molar-refractivity contribution in [3.8, 4) is 55.6 Å². The van der Waals surface area contributed by atoms with Gasteiger partial charge in [-0.05, 0) is 102 Å². The minimum absolute atomic E-state index is 0.544. The van der Waals surface area contributed by atoms with Crippen LogP contribution in [0.2, 0.25) is 0 Å². The second-order valence-corrected chi connectivity index (χ2v) is 17.2. The van der Waals surface area contributed by atoms with E-state index in [2.05, 4.69) is 278 Å². The van der Waals surface area contributed by atoms with Gasteiger partial charge in [-0.25, -0.2) is 0 Å². The number of anilines is 3. The Morgan fingerprint density at radius 1 is 0.242 bits per heavy atom. The number of benzene rings is 11. The van der Waals surface area contributed by atoms with Crippen LogP contribution in [0.25, 0.3) is 66.4 Å². The number of hydrogen-bond donors (Lipinski definition) is 0. The Morgan fingerprint density at radius 2 is 0.682 bits per heavy atom. The number of hydrogen-bond acceptors (Lipinski definition) is 1. The molecular formula is C65H45N. The van der Waals surface area contributed by atoms with Crippen molar-refractivity contribution in [2.75, 3.05) is 4.90 Å². The lowest BCUT2D eigenvalue weighted by Gasteiger charge is -2.35. The summed E-state index contributed by atoms with van der Waals surface area (Å²) in [6, 6.07) is 100. The smallest absolute Gasteiger partial charge is 0.0714 e. The second-order valence-electron chi connectivity index (χ2n) is 17.2. The molecule has 66 heavy (non-hydrogen) atoms. The van der Waals surface area contributed by atoms with E-state index in [1.807, 2.05) is 0 Å². The Bertz CT molecular complexity index is 3480. The first-order valence-corrected chi connectivity index (χ1v) is 22.8. The summed E-state index contributed by atoms with van der Waals surface area (Å²) in [6.45, 7) is 0. The molecule has 1 aliphatic carbocycles. The van der Waals surface area contributed by atoms with Crippen LogP contribution in [-0.4, -0.2) is 0 Å².